The average Bonchev–Trinajstić information content (AvgIpc) is 3.01. The summed E-state index contributed by atoms with van der Waals surface area (Å²) in [6.45, 7) is 3.34. The van der Waals surface area contributed by atoms with Crippen LogP contribution in [0, 0.1) is 0 Å². The summed E-state index contributed by atoms with van der Waals surface area (Å²) < 4.78 is 169. The van der Waals surface area contributed by atoms with Gasteiger partial charge in [-0.25, -0.2) is 4.79 Å². The number of benzene rings is 4. The maximum absolute atomic E-state index is 13.8. The van der Waals surface area contributed by atoms with Gasteiger partial charge < -0.3 is 4.74 Å². The first-order chi connectivity index (χ1) is 22.2. The van der Waals surface area contributed by atoms with Gasteiger partial charge >= 0.3 is 30.7 Å². The molecule has 4 aromatic rings. The molecule has 0 aromatic heterocycles. The summed E-state index contributed by atoms with van der Waals surface area (Å²) in [5, 5.41) is 0. The number of hydrogen-bond acceptors (Lipinski definition) is 2. The number of halogens is 12. The number of carbonyl (C=O) groups is 1. The Balaban J connectivity index is 1.91. The van der Waals surface area contributed by atoms with Crippen molar-refractivity contribution < 1.29 is 62.2 Å². The van der Waals surface area contributed by atoms with Crippen molar-refractivity contribution in [2.75, 3.05) is 6.61 Å². The Morgan fingerprint density at radius 3 is 1.42 bits per heavy atom. The van der Waals surface area contributed by atoms with E-state index in [1.807, 2.05) is 0 Å². The van der Waals surface area contributed by atoms with Crippen LogP contribution in [0.5, 0.6) is 0 Å². The van der Waals surface area contributed by atoms with Gasteiger partial charge in [0.05, 0.1) is 28.9 Å². The van der Waals surface area contributed by atoms with Crippen LogP contribution >= 0.6 is 0 Å². The third-order valence-corrected chi connectivity index (χ3v) is 7.12. The van der Waals surface area contributed by atoms with E-state index < -0.39 is 64.1 Å². The Labute approximate surface area is 265 Å². The number of carbonyl (C=O) groups excluding carboxylic acids is 1. The van der Waals surface area contributed by atoms with E-state index >= 15 is 0 Å². The minimum atomic E-state index is -5.24. The smallest absolute Gasteiger partial charge is 0.416 e. The second-order valence-electron chi connectivity index (χ2n) is 10.5. The first-order valence-electron chi connectivity index (χ1n) is 13.8. The van der Waals surface area contributed by atoms with Crippen LogP contribution in [-0.4, -0.2) is 12.6 Å². The molecule has 0 radical (unpaired) electrons. The van der Waals surface area contributed by atoms with Crippen molar-refractivity contribution in [1.29, 1.82) is 0 Å². The lowest BCUT2D eigenvalue weighted by Gasteiger charge is -2.19. The molecule has 14 heteroatoms. The van der Waals surface area contributed by atoms with Crippen LogP contribution in [0.25, 0.3) is 33.4 Å². The van der Waals surface area contributed by atoms with Crippen molar-refractivity contribution in [3.05, 3.63) is 119 Å². The fourth-order valence-electron chi connectivity index (χ4n) is 4.81. The normalized spacial score (nSPS) is 12.6. The molecule has 4 aromatic carbocycles. The van der Waals surface area contributed by atoms with Crippen LogP contribution in [0.15, 0.2) is 91.5 Å². The van der Waals surface area contributed by atoms with E-state index in [-0.39, 0.29) is 41.0 Å². The van der Waals surface area contributed by atoms with Gasteiger partial charge in [0.1, 0.15) is 0 Å². The first kappa shape index (κ1) is 36.1. The second kappa shape index (κ2) is 13.4. The molecule has 0 spiro atoms. The lowest BCUT2D eigenvalue weighted by Crippen LogP contribution is -2.11. The maximum Gasteiger partial charge on any atom is 0.416 e. The third kappa shape index (κ3) is 8.78. The largest absolute Gasteiger partial charge is 0.463 e. The summed E-state index contributed by atoms with van der Waals surface area (Å²) >= 11 is 0. The molecule has 48 heavy (non-hydrogen) atoms. The summed E-state index contributed by atoms with van der Waals surface area (Å²) in [4.78, 5) is 11.2. The van der Waals surface area contributed by atoms with Gasteiger partial charge in [-0.2, -0.15) is 52.7 Å². The maximum atomic E-state index is 13.8. The second-order valence-corrected chi connectivity index (χ2v) is 10.5. The summed E-state index contributed by atoms with van der Waals surface area (Å²) in [7, 11) is 0. The van der Waals surface area contributed by atoms with Crippen molar-refractivity contribution in [2.45, 2.75) is 37.5 Å². The van der Waals surface area contributed by atoms with Crippen LogP contribution in [0.3, 0.4) is 0 Å². The van der Waals surface area contributed by atoms with E-state index in [2.05, 4.69) is 6.58 Å². The molecule has 254 valence electrons. The molecule has 4 rings (SSSR count). The molecule has 0 amide bonds. The summed E-state index contributed by atoms with van der Waals surface area (Å²) in [6.07, 6.45) is -19.1. The van der Waals surface area contributed by atoms with Crippen LogP contribution < -0.4 is 0 Å². The predicted molar refractivity (Wildman–Crippen MR) is 152 cm³/mol. The molecule has 0 fully saturated rings. The fraction of sp³-hybridized carbons (Fsp3) is 0.206. The van der Waals surface area contributed by atoms with Crippen molar-refractivity contribution in [3.8, 4) is 33.4 Å². The zero-order valence-electron chi connectivity index (χ0n) is 24.3. The van der Waals surface area contributed by atoms with Gasteiger partial charge in [-0.15, -0.1) is 0 Å². The van der Waals surface area contributed by atoms with Gasteiger partial charge in [0.2, 0.25) is 0 Å². The van der Waals surface area contributed by atoms with Crippen molar-refractivity contribution >= 4 is 5.97 Å². The zero-order chi connectivity index (χ0) is 35.7. The third-order valence-electron chi connectivity index (χ3n) is 7.12. The average molecular weight is 691 g/mol. The van der Waals surface area contributed by atoms with E-state index in [0.717, 1.165) is 18.2 Å². The lowest BCUT2D eigenvalue weighted by atomic mass is 9.88. The summed E-state index contributed by atoms with van der Waals surface area (Å²) in [6, 6.07) is 10.9. The molecule has 0 atom stereocenters. The molecule has 0 N–H and O–H groups in total. The molecular formula is C34H22F12O2. The molecule has 0 aliphatic heterocycles. The quantitative estimate of drug-likeness (QED) is 0.0796. The first-order valence-corrected chi connectivity index (χ1v) is 13.8. The lowest BCUT2D eigenvalue weighted by molar-refractivity contribution is -0.144. The topological polar surface area (TPSA) is 26.3 Å². The highest BCUT2D eigenvalue weighted by Gasteiger charge is 2.38. The Bertz CT molecular complexity index is 1730. The molecule has 0 heterocycles. The van der Waals surface area contributed by atoms with E-state index in [0.29, 0.717) is 42.7 Å². The van der Waals surface area contributed by atoms with E-state index in [9.17, 15) is 57.5 Å². The van der Waals surface area contributed by atoms with Gasteiger partial charge in [-0.05, 0) is 94.3 Å². The predicted octanol–water partition coefficient (Wildman–Crippen LogP) is 11.4. The number of rotatable bonds is 8. The van der Waals surface area contributed by atoms with Crippen LogP contribution in [0.1, 0.15) is 34.2 Å². The Hall–Kier alpha value is -4.75. The molecule has 0 aliphatic carbocycles. The van der Waals surface area contributed by atoms with Crippen LogP contribution in [0.4, 0.5) is 52.7 Å². The summed E-state index contributed by atoms with van der Waals surface area (Å²) in [5.74, 6) is -0.621. The number of aryl methyl sites for hydroxylation is 1. The Morgan fingerprint density at radius 1 is 0.542 bits per heavy atom. The highest BCUT2D eigenvalue weighted by molar-refractivity contribution is 5.88. The minimum absolute atomic E-state index is 0.0423. The van der Waals surface area contributed by atoms with Crippen molar-refractivity contribution in [3.63, 3.8) is 0 Å². The van der Waals surface area contributed by atoms with Crippen LogP contribution in [0.2, 0.25) is 0 Å². The minimum Gasteiger partial charge on any atom is -0.463 e. The van der Waals surface area contributed by atoms with Crippen molar-refractivity contribution in [2.24, 2.45) is 0 Å². The molecule has 0 saturated carbocycles. The molecule has 0 saturated heterocycles. The van der Waals surface area contributed by atoms with E-state index in [1.165, 1.54) is 18.2 Å². The van der Waals surface area contributed by atoms with E-state index in [4.69, 9.17) is 4.74 Å². The van der Waals surface area contributed by atoms with Crippen molar-refractivity contribution in [1.82, 2.24) is 0 Å². The van der Waals surface area contributed by atoms with Gasteiger partial charge in [0, 0.05) is 6.08 Å². The van der Waals surface area contributed by atoms with Gasteiger partial charge in [-0.3, -0.25) is 0 Å². The molecule has 0 unspecified atom stereocenters. The molecule has 0 aliphatic rings. The standard InChI is InChI=1S/C34H22F12O2/c1-2-30(47)48-11-3-4-19-5-7-20(8-6-19)28-10-9-21(22-12-24(31(35,36)37)17-25(13-22)32(38,39)40)16-29(28)23-14-26(33(41,42)43)18-27(15-23)34(44,45)46/h2,5-10,12-18H,1,3-4,11H2. The SMILES string of the molecule is C=CC(=O)OCCCc1ccc(-c2ccc(-c3cc(C(F)(F)F)cc(C(F)(F)F)c3)cc2-c2cc(C(F)(F)F)cc(C(F)(F)F)c2)cc1. The Kier molecular flexibility index (Phi) is 10.1. The molecule has 2 nitrogen and oxygen atoms in total. The Morgan fingerprint density at radius 2 is 0.979 bits per heavy atom. The van der Waals surface area contributed by atoms with Gasteiger partial charge in [-0.1, -0.05) is 43.0 Å². The molecular weight excluding hydrogens is 668 g/mol. The monoisotopic (exact) mass is 690 g/mol. The van der Waals surface area contributed by atoms with Gasteiger partial charge in [0.15, 0.2) is 0 Å². The number of esters is 1. The number of ether oxygens (including phenoxy) is 1. The summed E-state index contributed by atoms with van der Waals surface area (Å²) in [5.41, 5.74) is -7.55. The van der Waals surface area contributed by atoms with E-state index in [1.54, 1.807) is 12.1 Å². The zero-order valence-corrected chi connectivity index (χ0v) is 24.3. The number of alkyl halides is 12. The van der Waals surface area contributed by atoms with Gasteiger partial charge in [0.25, 0.3) is 0 Å². The van der Waals surface area contributed by atoms with Crippen LogP contribution in [-0.2, 0) is 40.7 Å². The highest BCUT2D eigenvalue weighted by atomic mass is 19.4. The number of hydrogen-bond donors (Lipinski definition) is 0. The highest BCUT2D eigenvalue weighted by Crippen LogP contribution is 2.44. The molecule has 0 bridgehead atoms. The fourth-order valence-corrected chi connectivity index (χ4v) is 4.81.